The van der Waals surface area contributed by atoms with Crippen LogP contribution in [-0.2, 0) is 0 Å². The molecule has 1 saturated carbocycles. The van der Waals surface area contributed by atoms with E-state index < -0.39 is 5.54 Å². The van der Waals surface area contributed by atoms with Crippen LogP contribution in [0.15, 0.2) is 66.7 Å². The van der Waals surface area contributed by atoms with Crippen LogP contribution in [0.5, 0.6) is 0 Å². The molecule has 2 nitrogen and oxygen atoms in total. The molecule has 1 aliphatic carbocycles. The lowest BCUT2D eigenvalue weighted by Gasteiger charge is -2.32. The van der Waals surface area contributed by atoms with Gasteiger partial charge in [0.05, 0.1) is 5.54 Å². The molecule has 3 atom stereocenters. The highest BCUT2D eigenvalue weighted by Crippen LogP contribution is 2.34. The number of nitrogens with one attached hydrogen (secondary N) is 1. The second-order valence-electron chi connectivity index (χ2n) is 9.61. The Morgan fingerprint density at radius 1 is 0.968 bits per heavy atom. The lowest BCUT2D eigenvalue weighted by Crippen LogP contribution is -2.35. The predicted octanol–water partition coefficient (Wildman–Crippen LogP) is 6.31. The van der Waals surface area contributed by atoms with Crippen molar-refractivity contribution in [2.24, 2.45) is 5.73 Å². The Morgan fingerprint density at radius 3 is 2.48 bits per heavy atom. The van der Waals surface area contributed by atoms with Crippen LogP contribution >= 0.6 is 0 Å². The summed E-state index contributed by atoms with van der Waals surface area (Å²) in [6.45, 7) is 6.17. The molecule has 160 valence electrons. The van der Waals surface area contributed by atoms with Crippen molar-refractivity contribution in [2.45, 2.75) is 70.0 Å². The Labute approximate surface area is 187 Å². The molecule has 1 fully saturated rings. The molecule has 0 amide bonds. The van der Waals surface area contributed by atoms with Crippen LogP contribution in [0, 0.1) is 11.8 Å². The predicted molar refractivity (Wildman–Crippen MR) is 132 cm³/mol. The number of rotatable bonds is 4. The molecule has 0 radical (unpaired) electrons. The molecule has 4 rings (SSSR count). The number of nitrogens with two attached hydrogens (primary N) is 1. The summed E-state index contributed by atoms with van der Waals surface area (Å²) in [5.41, 5.74) is 9.39. The van der Waals surface area contributed by atoms with Crippen LogP contribution in [0.2, 0.25) is 0 Å². The van der Waals surface area contributed by atoms with E-state index in [9.17, 15) is 0 Å². The van der Waals surface area contributed by atoms with Crippen LogP contribution in [-0.4, -0.2) is 11.6 Å². The summed E-state index contributed by atoms with van der Waals surface area (Å²) in [4.78, 5) is 0. The van der Waals surface area contributed by atoms with E-state index in [0.717, 1.165) is 5.56 Å². The molecular formula is C29H34N2. The van der Waals surface area contributed by atoms with Gasteiger partial charge in [-0.15, -0.1) is 0 Å². The third-order valence-electron chi connectivity index (χ3n) is 6.36. The summed E-state index contributed by atoms with van der Waals surface area (Å²) in [5, 5.41) is 6.61. The van der Waals surface area contributed by atoms with Gasteiger partial charge in [0.2, 0.25) is 0 Å². The second kappa shape index (κ2) is 9.27. The number of hydrogen-bond donors (Lipinski definition) is 2. The van der Waals surface area contributed by atoms with Crippen LogP contribution < -0.4 is 11.1 Å². The molecule has 3 N–H and O–H groups in total. The molecule has 2 heteroatoms. The quantitative estimate of drug-likeness (QED) is 0.495. The van der Waals surface area contributed by atoms with Gasteiger partial charge in [-0.3, -0.25) is 0 Å². The topological polar surface area (TPSA) is 38.0 Å². The Hall–Kier alpha value is -2.60. The molecule has 0 bridgehead atoms. The molecule has 3 aromatic carbocycles. The summed E-state index contributed by atoms with van der Waals surface area (Å²) in [6, 6.07) is 25.0. The van der Waals surface area contributed by atoms with Gasteiger partial charge in [0, 0.05) is 17.6 Å². The molecule has 0 unspecified atom stereocenters. The Kier molecular flexibility index (Phi) is 6.46. The van der Waals surface area contributed by atoms with E-state index in [1.807, 2.05) is 13.8 Å². The van der Waals surface area contributed by atoms with Crippen LogP contribution in [0.25, 0.3) is 10.8 Å². The average Bonchev–Trinajstić information content (AvgIpc) is 2.77. The van der Waals surface area contributed by atoms with Crippen molar-refractivity contribution in [3.8, 4) is 11.8 Å². The van der Waals surface area contributed by atoms with Crippen LogP contribution in [0.1, 0.15) is 75.1 Å². The van der Waals surface area contributed by atoms with Gasteiger partial charge in [-0.2, -0.15) is 0 Å². The maximum absolute atomic E-state index is 5.98. The maximum Gasteiger partial charge on any atom is 0.0722 e. The maximum atomic E-state index is 5.98. The fraction of sp³-hybridized carbons (Fsp3) is 0.379. The minimum Gasteiger partial charge on any atom is -0.316 e. The van der Waals surface area contributed by atoms with E-state index in [0.29, 0.717) is 18.0 Å². The lowest BCUT2D eigenvalue weighted by molar-refractivity contribution is 0.319. The number of hydrogen-bond acceptors (Lipinski definition) is 2. The Morgan fingerprint density at radius 2 is 1.71 bits per heavy atom. The van der Waals surface area contributed by atoms with Crippen LogP contribution in [0.3, 0.4) is 0 Å². The van der Waals surface area contributed by atoms with E-state index in [-0.39, 0.29) is 0 Å². The molecule has 31 heavy (non-hydrogen) atoms. The lowest BCUT2D eigenvalue weighted by atomic mass is 9.81. The highest BCUT2D eigenvalue weighted by molar-refractivity contribution is 5.86. The fourth-order valence-corrected chi connectivity index (χ4v) is 4.79. The molecule has 3 aromatic rings. The van der Waals surface area contributed by atoms with E-state index >= 15 is 0 Å². The smallest absolute Gasteiger partial charge is 0.0722 e. The van der Waals surface area contributed by atoms with Gasteiger partial charge >= 0.3 is 0 Å². The zero-order valence-corrected chi connectivity index (χ0v) is 19.0. The SMILES string of the molecule is C[C@@H](N[C@H]1CCC[C@H](c2ccc(C#CC(C)(C)N)cc2)C1)c1cccc2ccccc12. The first-order chi connectivity index (χ1) is 14.9. The highest BCUT2D eigenvalue weighted by atomic mass is 14.9. The van der Waals surface area contributed by atoms with Gasteiger partial charge in [0.15, 0.2) is 0 Å². The van der Waals surface area contributed by atoms with Crippen molar-refractivity contribution in [1.29, 1.82) is 0 Å². The van der Waals surface area contributed by atoms with Gasteiger partial charge < -0.3 is 11.1 Å². The third kappa shape index (κ3) is 5.56. The third-order valence-corrected chi connectivity index (χ3v) is 6.36. The van der Waals surface area contributed by atoms with Crippen molar-refractivity contribution in [1.82, 2.24) is 5.32 Å². The fourth-order valence-electron chi connectivity index (χ4n) is 4.79. The Balaban J connectivity index is 1.43. The van der Waals surface area contributed by atoms with E-state index in [1.165, 1.54) is 47.6 Å². The summed E-state index contributed by atoms with van der Waals surface area (Å²) < 4.78 is 0. The van der Waals surface area contributed by atoms with Crippen molar-refractivity contribution in [3.05, 3.63) is 83.4 Å². The zero-order chi connectivity index (χ0) is 21.8. The molecule has 0 spiro atoms. The second-order valence-corrected chi connectivity index (χ2v) is 9.61. The molecule has 0 saturated heterocycles. The van der Waals surface area contributed by atoms with Crippen molar-refractivity contribution >= 4 is 10.8 Å². The summed E-state index contributed by atoms with van der Waals surface area (Å²) in [5.74, 6) is 6.92. The van der Waals surface area contributed by atoms with Crippen molar-refractivity contribution in [2.75, 3.05) is 0 Å². The van der Waals surface area contributed by atoms with E-state index in [2.05, 4.69) is 90.8 Å². The first-order valence-electron chi connectivity index (χ1n) is 11.5. The van der Waals surface area contributed by atoms with Crippen LogP contribution in [0.4, 0.5) is 0 Å². The largest absolute Gasteiger partial charge is 0.316 e. The molecular weight excluding hydrogens is 376 g/mol. The van der Waals surface area contributed by atoms with E-state index in [4.69, 9.17) is 5.73 Å². The monoisotopic (exact) mass is 410 g/mol. The van der Waals surface area contributed by atoms with Gasteiger partial charge in [-0.25, -0.2) is 0 Å². The van der Waals surface area contributed by atoms with Gasteiger partial charge in [0.1, 0.15) is 0 Å². The summed E-state index contributed by atoms with van der Waals surface area (Å²) >= 11 is 0. The molecule has 0 aromatic heterocycles. The van der Waals surface area contributed by atoms with Gasteiger partial charge in [-0.1, -0.05) is 72.9 Å². The highest BCUT2D eigenvalue weighted by Gasteiger charge is 2.24. The summed E-state index contributed by atoms with van der Waals surface area (Å²) in [6.07, 6.45) is 4.98. The first kappa shape index (κ1) is 21.6. The summed E-state index contributed by atoms with van der Waals surface area (Å²) in [7, 11) is 0. The minimum absolute atomic E-state index is 0.340. The van der Waals surface area contributed by atoms with Gasteiger partial charge in [-0.05, 0) is 80.0 Å². The number of benzene rings is 3. The molecule has 1 aliphatic rings. The average molecular weight is 411 g/mol. The zero-order valence-electron chi connectivity index (χ0n) is 19.0. The van der Waals surface area contributed by atoms with Gasteiger partial charge in [0.25, 0.3) is 0 Å². The molecule has 0 aliphatic heterocycles. The normalized spacial score (nSPS) is 20.1. The molecule has 0 heterocycles. The Bertz CT molecular complexity index is 1070. The van der Waals surface area contributed by atoms with E-state index in [1.54, 1.807) is 0 Å². The van der Waals surface area contributed by atoms with Crippen molar-refractivity contribution in [3.63, 3.8) is 0 Å². The minimum atomic E-state index is -0.457. The first-order valence-corrected chi connectivity index (χ1v) is 11.5. The standard InChI is InChI=1S/C29H34N2/c1-21(27-13-7-9-24-8-4-5-12-28(24)27)31-26-11-6-10-25(20-26)23-16-14-22(15-17-23)18-19-29(2,3)30/h4-5,7-9,12-17,21,25-26,31H,6,10-11,20,30H2,1-3H3/t21-,25+,26+/m1/s1. The number of fused-ring (bicyclic) bond motifs is 1. The van der Waals surface area contributed by atoms with Crippen molar-refractivity contribution < 1.29 is 0 Å².